The van der Waals surface area contributed by atoms with Crippen LogP contribution in [-0.2, 0) is 10.9 Å². The summed E-state index contributed by atoms with van der Waals surface area (Å²) in [5.74, 6) is -0.00549. The smallest absolute Gasteiger partial charge is 0.419 e. The Balaban J connectivity index is 0.000000459. The molecule has 33 heavy (non-hydrogen) atoms. The molecule has 2 aliphatic rings. The van der Waals surface area contributed by atoms with Crippen molar-refractivity contribution in [3.8, 4) is 28.6 Å². The van der Waals surface area contributed by atoms with Gasteiger partial charge in [0.1, 0.15) is 11.9 Å². The van der Waals surface area contributed by atoms with Gasteiger partial charge in [0.25, 0.3) is 5.89 Å². The van der Waals surface area contributed by atoms with Crippen molar-refractivity contribution >= 4 is 5.69 Å². The number of halogens is 3. The summed E-state index contributed by atoms with van der Waals surface area (Å²) >= 11 is 0. The normalized spacial score (nSPS) is 18.1. The minimum absolute atomic E-state index is 0.0491. The fourth-order valence-corrected chi connectivity index (χ4v) is 3.75. The molecule has 0 radical (unpaired) electrons. The predicted molar refractivity (Wildman–Crippen MR) is 118 cm³/mol. The SMILES string of the molecule is C1CCCC1.Nc1ccc(-c2nc(-c3ccc(OC4CCOC4)c(C(F)(F)F)c3)no2)cc1. The molecule has 0 spiro atoms. The quantitative estimate of drug-likeness (QED) is 0.471. The van der Waals surface area contributed by atoms with Crippen molar-refractivity contribution in [2.45, 2.75) is 50.8 Å². The summed E-state index contributed by atoms with van der Waals surface area (Å²) in [5, 5.41) is 3.80. The van der Waals surface area contributed by atoms with Gasteiger partial charge < -0.3 is 19.7 Å². The van der Waals surface area contributed by atoms with Gasteiger partial charge in [0.15, 0.2) is 0 Å². The summed E-state index contributed by atoms with van der Waals surface area (Å²) in [7, 11) is 0. The van der Waals surface area contributed by atoms with Crippen molar-refractivity contribution in [3.63, 3.8) is 0 Å². The predicted octanol–water partition coefficient (Wildman–Crippen LogP) is 6.12. The van der Waals surface area contributed by atoms with Crippen LogP contribution in [0.2, 0.25) is 0 Å². The van der Waals surface area contributed by atoms with Gasteiger partial charge in [-0.1, -0.05) is 37.3 Å². The molecule has 1 aliphatic carbocycles. The molecular formula is C24H26F3N3O3. The molecule has 2 N–H and O–H groups in total. The lowest BCUT2D eigenvalue weighted by Gasteiger charge is -2.17. The first-order chi connectivity index (χ1) is 15.9. The standard InChI is InChI=1S/C19H16F3N3O3.C5H10/c20-19(21,22)15-9-12(3-6-16(15)27-14-7-8-26-10-14)17-24-18(28-25-17)11-1-4-13(23)5-2-11;1-2-4-5-3-1/h1-6,9,14H,7-8,10,23H2;1-5H2. The second kappa shape index (κ2) is 10.2. The number of hydrogen-bond donors (Lipinski definition) is 1. The third kappa shape index (κ3) is 6.04. The first-order valence-electron chi connectivity index (χ1n) is 11.1. The molecule has 3 aromatic rings. The number of nitrogens with zero attached hydrogens (tertiary/aromatic N) is 2. The van der Waals surface area contributed by atoms with Gasteiger partial charge in [0.05, 0.1) is 18.8 Å². The molecular weight excluding hydrogens is 435 g/mol. The van der Waals surface area contributed by atoms with Crippen molar-refractivity contribution in [1.82, 2.24) is 10.1 Å². The number of hydrogen-bond acceptors (Lipinski definition) is 6. The summed E-state index contributed by atoms with van der Waals surface area (Å²) in [5.41, 5.74) is 6.11. The highest BCUT2D eigenvalue weighted by atomic mass is 19.4. The van der Waals surface area contributed by atoms with Gasteiger partial charge in [-0.25, -0.2) is 0 Å². The molecule has 0 bridgehead atoms. The zero-order valence-electron chi connectivity index (χ0n) is 18.1. The molecule has 2 heterocycles. The minimum atomic E-state index is -4.59. The highest BCUT2D eigenvalue weighted by molar-refractivity contribution is 5.63. The first-order valence-corrected chi connectivity index (χ1v) is 11.1. The molecule has 2 aromatic carbocycles. The summed E-state index contributed by atoms with van der Waals surface area (Å²) in [6.45, 7) is 0.746. The van der Waals surface area contributed by atoms with E-state index in [0.29, 0.717) is 24.3 Å². The molecule has 9 heteroatoms. The zero-order valence-corrected chi connectivity index (χ0v) is 18.1. The van der Waals surface area contributed by atoms with Gasteiger partial charge >= 0.3 is 6.18 Å². The molecule has 5 rings (SSSR count). The number of alkyl halides is 3. The molecule has 1 aliphatic heterocycles. The maximum absolute atomic E-state index is 13.5. The Bertz CT molecular complexity index is 1030. The lowest BCUT2D eigenvalue weighted by atomic mass is 10.1. The topological polar surface area (TPSA) is 83.4 Å². The van der Waals surface area contributed by atoms with Gasteiger partial charge in [0.2, 0.25) is 5.82 Å². The zero-order chi connectivity index (χ0) is 23.3. The first kappa shape index (κ1) is 23.1. The Morgan fingerprint density at radius 3 is 2.21 bits per heavy atom. The van der Waals surface area contributed by atoms with Crippen molar-refractivity contribution in [3.05, 3.63) is 48.0 Å². The Hall–Kier alpha value is -3.07. The van der Waals surface area contributed by atoms with Crippen LogP contribution in [0.3, 0.4) is 0 Å². The van der Waals surface area contributed by atoms with E-state index in [0.717, 1.165) is 6.07 Å². The Labute approximate surface area is 189 Å². The number of ether oxygens (including phenoxy) is 2. The lowest BCUT2D eigenvalue weighted by molar-refractivity contribution is -0.139. The fourth-order valence-electron chi connectivity index (χ4n) is 3.75. The van der Waals surface area contributed by atoms with Crippen molar-refractivity contribution in [2.24, 2.45) is 0 Å². The molecule has 1 saturated carbocycles. The molecule has 1 aromatic heterocycles. The summed E-state index contributed by atoms with van der Waals surface area (Å²) in [6, 6.07) is 10.4. The average Bonchev–Trinajstić information content (AvgIpc) is 3.57. The maximum Gasteiger partial charge on any atom is 0.419 e. The van der Waals surface area contributed by atoms with Crippen molar-refractivity contribution in [2.75, 3.05) is 18.9 Å². The average molecular weight is 461 g/mol. The molecule has 1 saturated heterocycles. The maximum atomic E-state index is 13.5. The van der Waals surface area contributed by atoms with Crippen LogP contribution in [0.1, 0.15) is 44.1 Å². The minimum Gasteiger partial charge on any atom is -0.487 e. The largest absolute Gasteiger partial charge is 0.487 e. The highest BCUT2D eigenvalue weighted by Gasteiger charge is 2.36. The Morgan fingerprint density at radius 1 is 0.939 bits per heavy atom. The lowest BCUT2D eigenvalue weighted by Crippen LogP contribution is -2.18. The number of rotatable bonds is 4. The highest BCUT2D eigenvalue weighted by Crippen LogP contribution is 2.39. The summed E-state index contributed by atoms with van der Waals surface area (Å²) < 4.78 is 56.4. The van der Waals surface area contributed by atoms with Crippen LogP contribution in [0.25, 0.3) is 22.8 Å². The number of aromatic nitrogens is 2. The van der Waals surface area contributed by atoms with Crippen LogP contribution in [0.5, 0.6) is 5.75 Å². The van der Waals surface area contributed by atoms with Crippen LogP contribution < -0.4 is 10.5 Å². The third-order valence-corrected chi connectivity index (χ3v) is 5.56. The fraction of sp³-hybridized carbons (Fsp3) is 0.417. The van der Waals surface area contributed by atoms with Crippen molar-refractivity contribution in [1.29, 1.82) is 0 Å². The molecule has 0 amide bonds. The van der Waals surface area contributed by atoms with Crippen LogP contribution >= 0.6 is 0 Å². The molecule has 1 unspecified atom stereocenters. The van der Waals surface area contributed by atoms with E-state index in [4.69, 9.17) is 19.7 Å². The third-order valence-electron chi connectivity index (χ3n) is 5.56. The van der Waals surface area contributed by atoms with Gasteiger partial charge in [0, 0.05) is 23.2 Å². The van der Waals surface area contributed by atoms with Crippen LogP contribution in [-0.4, -0.2) is 29.5 Å². The van der Waals surface area contributed by atoms with E-state index in [1.807, 2.05) is 0 Å². The van der Waals surface area contributed by atoms with E-state index in [1.165, 1.54) is 44.2 Å². The van der Waals surface area contributed by atoms with Gasteiger partial charge in [-0.15, -0.1) is 0 Å². The Morgan fingerprint density at radius 2 is 1.61 bits per heavy atom. The number of nitrogen functional groups attached to an aromatic ring is 1. The number of benzene rings is 2. The molecule has 2 fully saturated rings. The summed E-state index contributed by atoms with van der Waals surface area (Å²) in [4.78, 5) is 4.19. The van der Waals surface area contributed by atoms with Crippen LogP contribution in [0, 0.1) is 0 Å². The van der Waals surface area contributed by atoms with Gasteiger partial charge in [-0.05, 0) is 42.5 Å². The Kier molecular flexibility index (Phi) is 7.17. The van der Waals surface area contributed by atoms with Crippen LogP contribution in [0.4, 0.5) is 18.9 Å². The molecule has 6 nitrogen and oxygen atoms in total. The monoisotopic (exact) mass is 461 g/mol. The van der Waals surface area contributed by atoms with Crippen molar-refractivity contribution < 1.29 is 27.2 Å². The van der Waals surface area contributed by atoms with E-state index in [-0.39, 0.29) is 29.6 Å². The number of anilines is 1. The molecule has 176 valence electrons. The van der Waals surface area contributed by atoms with Gasteiger partial charge in [-0.3, -0.25) is 0 Å². The number of nitrogens with two attached hydrogens (primary N) is 1. The van der Waals surface area contributed by atoms with Gasteiger partial charge in [-0.2, -0.15) is 18.2 Å². The summed E-state index contributed by atoms with van der Waals surface area (Å²) in [6.07, 6.45) is 3.07. The van der Waals surface area contributed by atoms with E-state index < -0.39 is 17.8 Å². The molecule has 1 atom stereocenters. The van der Waals surface area contributed by atoms with Crippen LogP contribution in [0.15, 0.2) is 47.0 Å². The van der Waals surface area contributed by atoms with E-state index >= 15 is 0 Å². The van der Waals surface area contributed by atoms with E-state index in [9.17, 15) is 13.2 Å². The second-order valence-electron chi connectivity index (χ2n) is 8.13. The van der Waals surface area contributed by atoms with E-state index in [1.54, 1.807) is 24.3 Å². The second-order valence-corrected chi connectivity index (χ2v) is 8.13. The van der Waals surface area contributed by atoms with E-state index in [2.05, 4.69) is 10.1 Å².